The van der Waals surface area contributed by atoms with E-state index in [1.54, 1.807) is 11.3 Å². The summed E-state index contributed by atoms with van der Waals surface area (Å²) in [6.07, 6.45) is 2.53. The summed E-state index contributed by atoms with van der Waals surface area (Å²) in [7, 11) is 0. The van der Waals surface area contributed by atoms with E-state index in [0.717, 1.165) is 5.56 Å². The first kappa shape index (κ1) is 9.19. The predicted octanol–water partition coefficient (Wildman–Crippen LogP) is 1.71. The molecule has 0 radical (unpaired) electrons. The lowest BCUT2D eigenvalue weighted by molar-refractivity contribution is 0.0570. The highest BCUT2D eigenvalue weighted by Gasteiger charge is 2.27. The quantitative estimate of drug-likeness (QED) is 0.770. The van der Waals surface area contributed by atoms with Crippen molar-refractivity contribution in [1.82, 2.24) is 5.32 Å². The Morgan fingerprint density at radius 3 is 3.00 bits per heavy atom. The molecule has 0 bridgehead atoms. The van der Waals surface area contributed by atoms with Gasteiger partial charge in [0.05, 0.1) is 5.60 Å². The van der Waals surface area contributed by atoms with Gasteiger partial charge in [-0.1, -0.05) is 0 Å². The lowest BCUT2D eigenvalue weighted by Crippen LogP contribution is -2.36. The average Bonchev–Trinajstić information content (AvgIpc) is 2.74. The highest BCUT2D eigenvalue weighted by molar-refractivity contribution is 7.08. The number of hydrogen-bond acceptors (Lipinski definition) is 3. The molecule has 0 aromatic carbocycles. The minimum Gasteiger partial charge on any atom is -0.384 e. The number of thiophene rings is 1. The van der Waals surface area contributed by atoms with Gasteiger partial charge in [0.15, 0.2) is 0 Å². The Balaban J connectivity index is 1.93. The Bertz CT molecular complexity index is 264. The van der Waals surface area contributed by atoms with Crippen LogP contribution in [-0.4, -0.2) is 17.7 Å². The largest absolute Gasteiger partial charge is 0.384 e. The van der Waals surface area contributed by atoms with Crippen molar-refractivity contribution in [3.8, 4) is 0 Å². The molecular formula is C10H15NOS. The molecule has 2 rings (SSSR count). The van der Waals surface area contributed by atoms with E-state index in [1.165, 1.54) is 12.8 Å². The topological polar surface area (TPSA) is 32.3 Å². The van der Waals surface area contributed by atoms with E-state index in [2.05, 4.69) is 5.32 Å². The van der Waals surface area contributed by atoms with Crippen molar-refractivity contribution >= 4 is 11.3 Å². The smallest absolute Gasteiger partial charge is 0.1000 e. The molecule has 1 aliphatic rings. The van der Waals surface area contributed by atoms with Gasteiger partial charge < -0.3 is 10.4 Å². The normalized spacial score (nSPS) is 21.4. The van der Waals surface area contributed by atoms with Crippen LogP contribution in [0.5, 0.6) is 0 Å². The predicted molar refractivity (Wildman–Crippen MR) is 54.9 cm³/mol. The standard InChI is InChI=1S/C10H15NOS/c1-10(12,7-11-9-2-3-9)8-4-5-13-6-8/h4-6,9,11-12H,2-3,7H2,1H3. The van der Waals surface area contributed by atoms with Crippen molar-refractivity contribution < 1.29 is 5.11 Å². The first-order valence-corrected chi connectivity index (χ1v) is 5.61. The Morgan fingerprint density at radius 2 is 2.46 bits per heavy atom. The van der Waals surface area contributed by atoms with Gasteiger partial charge in [-0.25, -0.2) is 0 Å². The molecule has 1 heterocycles. The van der Waals surface area contributed by atoms with Crippen LogP contribution in [0, 0.1) is 0 Å². The summed E-state index contributed by atoms with van der Waals surface area (Å²) in [5.41, 5.74) is 0.313. The van der Waals surface area contributed by atoms with Crippen LogP contribution in [-0.2, 0) is 5.60 Å². The van der Waals surface area contributed by atoms with Crippen molar-refractivity contribution in [2.24, 2.45) is 0 Å². The van der Waals surface area contributed by atoms with E-state index in [9.17, 15) is 5.11 Å². The molecule has 1 fully saturated rings. The highest BCUT2D eigenvalue weighted by Crippen LogP contribution is 2.25. The second-order valence-corrected chi connectivity index (χ2v) is 4.72. The molecule has 1 aromatic heterocycles. The zero-order chi connectivity index (χ0) is 9.31. The number of rotatable bonds is 4. The summed E-state index contributed by atoms with van der Waals surface area (Å²) >= 11 is 1.63. The van der Waals surface area contributed by atoms with Crippen LogP contribution in [0.1, 0.15) is 25.3 Å². The van der Waals surface area contributed by atoms with Crippen LogP contribution < -0.4 is 5.32 Å². The Hall–Kier alpha value is -0.380. The van der Waals surface area contributed by atoms with Gasteiger partial charge in [-0.15, -0.1) is 0 Å². The molecule has 2 nitrogen and oxygen atoms in total. The lowest BCUT2D eigenvalue weighted by atomic mass is 9.99. The number of aliphatic hydroxyl groups is 1. The van der Waals surface area contributed by atoms with Crippen LogP contribution in [0.15, 0.2) is 16.8 Å². The first-order valence-electron chi connectivity index (χ1n) is 4.67. The molecule has 2 N–H and O–H groups in total. The van der Waals surface area contributed by atoms with Gasteiger partial charge in [0.1, 0.15) is 0 Å². The Morgan fingerprint density at radius 1 is 1.69 bits per heavy atom. The maximum Gasteiger partial charge on any atom is 0.1000 e. The van der Waals surface area contributed by atoms with Crippen LogP contribution in [0.2, 0.25) is 0 Å². The first-order chi connectivity index (χ1) is 6.18. The molecule has 1 aromatic rings. The molecule has 72 valence electrons. The van der Waals surface area contributed by atoms with Gasteiger partial charge in [-0.2, -0.15) is 11.3 Å². The van der Waals surface area contributed by atoms with Crippen molar-refractivity contribution in [1.29, 1.82) is 0 Å². The molecule has 1 atom stereocenters. The monoisotopic (exact) mass is 197 g/mol. The molecule has 3 heteroatoms. The second kappa shape index (κ2) is 3.40. The third-order valence-electron chi connectivity index (χ3n) is 2.46. The van der Waals surface area contributed by atoms with Gasteiger partial charge in [-0.05, 0) is 42.2 Å². The summed E-state index contributed by atoms with van der Waals surface area (Å²) in [4.78, 5) is 0. The van der Waals surface area contributed by atoms with E-state index in [1.807, 2.05) is 23.8 Å². The summed E-state index contributed by atoms with van der Waals surface area (Å²) in [5, 5.41) is 17.4. The lowest BCUT2D eigenvalue weighted by Gasteiger charge is -2.22. The van der Waals surface area contributed by atoms with E-state index in [-0.39, 0.29) is 0 Å². The fraction of sp³-hybridized carbons (Fsp3) is 0.600. The van der Waals surface area contributed by atoms with E-state index < -0.39 is 5.60 Å². The van der Waals surface area contributed by atoms with E-state index >= 15 is 0 Å². The van der Waals surface area contributed by atoms with Crippen molar-refractivity contribution in [2.45, 2.75) is 31.4 Å². The highest BCUT2D eigenvalue weighted by atomic mass is 32.1. The van der Waals surface area contributed by atoms with Gasteiger partial charge in [0, 0.05) is 12.6 Å². The van der Waals surface area contributed by atoms with E-state index in [4.69, 9.17) is 0 Å². The molecule has 0 spiro atoms. The Labute approximate surface area is 82.6 Å². The van der Waals surface area contributed by atoms with Crippen molar-refractivity contribution in [3.63, 3.8) is 0 Å². The molecular weight excluding hydrogens is 182 g/mol. The zero-order valence-corrected chi connectivity index (χ0v) is 8.60. The number of nitrogens with one attached hydrogen (secondary N) is 1. The van der Waals surface area contributed by atoms with Crippen molar-refractivity contribution in [2.75, 3.05) is 6.54 Å². The molecule has 0 amide bonds. The van der Waals surface area contributed by atoms with Gasteiger partial charge >= 0.3 is 0 Å². The summed E-state index contributed by atoms with van der Waals surface area (Å²) in [5.74, 6) is 0. The van der Waals surface area contributed by atoms with Gasteiger partial charge in [0.25, 0.3) is 0 Å². The van der Waals surface area contributed by atoms with E-state index in [0.29, 0.717) is 12.6 Å². The minimum absolute atomic E-state index is 0.658. The van der Waals surface area contributed by atoms with Crippen LogP contribution in [0.4, 0.5) is 0 Å². The molecule has 1 unspecified atom stereocenters. The van der Waals surface area contributed by atoms with Crippen LogP contribution >= 0.6 is 11.3 Å². The third-order valence-corrected chi connectivity index (χ3v) is 3.14. The third kappa shape index (κ3) is 2.30. The zero-order valence-electron chi connectivity index (χ0n) is 7.79. The summed E-state index contributed by atoms with van der Waals surface area (Å²) in [6.45, 7) is 2.53. The maximum absolute atomic E-state index is 10.1. The van der Waals surface area contributed by atoms with Gasteiger partial charge in [0.2, 0.25) is 0 Å². The SMILES string of the molecule is CC(O)(CNC1CC1)c1ccsc1. The maximum atomic E-state index is 10.1. The number of hydrogen-bond donors (Lipinski definition) is 2. The second-order valence-electron chi connectivity index (χ2n) is 3.94. The molecule has 13 heavy (non-hydrogen) atoms. The average molecular weight is 197 g/mol. The molecule has 1 aliphatic carbocycles. The fourth-order valence-electron chi connectivity index (χ4n) is 1.30. The Kier molecular flexibility index (Phi) is 2.41. The molecule has 0 aliphatic heterocycles. The molecule has 0 saturated heterocycles. The van der Waals surface area contributed by atoms with Gasteiger partial charge in [-0.3, -0.25) is 0 Å². The fourth-order valence-corrected chi connectivity index (χ4v) is 2.09. The van der Waals surface area contributed by atoms with Crippen LogP contribution in [0.25, 0.3) is 0 Å². The molecule has 1 saturated carbocycles. The van der Waals surface area contributed by atoms with Crippen molar-refractivity contribution in [3.05, 3.63) is 22.4 Å². The summed E-state index contributed by atoms with van der Waals surface area (Å²) < 4.78 is 0. The minimum atomic E-state index is -0.706. The van der Waals surface area contributed by atoms with Crippen LogP contribution in [0.3, 0.4) is 0 Å². The summed E-state index contributed by atoms with van der Waals surface area (Å²) in [6, 6.07) is 2.64.